The van der Waals surface area contributed by atoms with Crippen LogP contribution < -0.4 is 0 Å². The molecule has 5 heteroatoms. The second-order valence-corrected chi connectivity index (χ2v) is 5.35. The SMILES string of the molecule is CN(C)C([S-])[S-].[Au+3].[c-]1ccccc1Cc1ccccn1. The quantitative estimate of drug-likeness (QED) is 0.376. The Morgan fingerprint density at radius 3 is 2.25 bits per heavy atom. The van der Waals surface area contributed by atoms with Crippen LogP contribution in [0, 0.1) is 6.07 Å². The van der Waals surface area contributed by atoms with Crippen LogP contribution in [0.25, 0.3) is 0 Å². The number of hydrogen-bond donors (Lipinski definition) is 0. The largest absolute Gasteiger partial charge is 3.00 e. The summed E-state index contributed by atoms with van der Waals surface area (Å²) in [6.07, 6.45) is 2.68. The standard InChI is InChI=1S/C12H10N.C3H9NS2.Au/c1-2-6-11(7-3-1)10-12-8-4-5-9-13-12;1-4(2)3(5)6;/h1-6,8-9H,10H2;3,5-6H,1-2H3;/q-1;;+3/p-2. The van der Waals surface area contributed by atoms with Gasteiger partial charge in [-0.1, -0.05) is 6.07 Å². The van der Waals surface area contributed by atoms with Gasteiger partial charge in [0.05, 0.1) is 0 Å². The van der Waals surface area contributed by atoms with Crippen LogP contribution >= 0.6 is 0 Å². The summed E-state index contributed by atoms with van der Waals surface area (Å²) in [6, 6.07) is 17.1. The summed E-state index contributed by atoms with van der Waals surface area (Å²) >= 11 is 9.29. The molecular formula is C15H17AuN2S2. The van der Waals surface area contributed by atoms with Crippen LogP contribution in [0.1, 0.15) is 11.3 Å². The van der Waals surface area contributed by atoms with Crippen molar-refractivity contribution in [1.29, 1.82) is 0 Å². The molecule has 0 amide bonds. The van der Waals surface area contributed by atoms with Crippen molar-refractivity contribution < 1.29 is 22.4 Å². The third-order valence-electron chi connectivity index (χ3n) is 2.29. The first kappa shape index (κ1) is 19.8. The fourth-order valence-electron chi connectivity index (χ4n) is 1.24. The third kappa shape index (κ3) is 8.85. The first-order chi connectivity index (χ1) is 9.09. The van der Waals surface area contributed by atoms with E-state index < -0.39 is 0 Å². The molecule has 2 aromatic rings. The van der Waals surface area contributed by atoms with Crippen molar-refractivity contribution in [2.45, 2.75) is 11.1 Å². The van der Waals surface area contributed by atoms with Crippen LogP contribution in [0.3, 0.4) is 0 Å². The molecule has 1 aromatic heterocycles. The van der Waals surface area contributed by atoms with Crippen LogP contribution in [0.2, 0.25) is 0 Å². The average molecular weight is 486 g/mol. The van der Waals surface area contributed by atoms with Gasteiger partial charge in [0, 0.05) is 11.9 Å². The van der Waals surface area contributed by atoms with Crippen molar-refractivity contribution in [3.63, 3.8) is 0 Å². The summed E-state index contributed by atoms with van der Waals surface area (Å²) in [6.45, 7) is 0. The van der Waals surface area contributed by atoms with Gasteiger partial charge in [0.15, 0.2) is 0 Å². The minimum Gasteiger partial charge on any atom is -0.800 e. The molecule has 1 aromatic carbocycles. The Kier molecular flexibility index (Phi) is 11.3. The van der Waals surface area contributed by atoms with Gasteiger partial charge >= 0.3 is 22.4 Å². The number of rotatable bonds is 3. The molecule has 0 aliphatic heterocycles. The molecule has 0 unspecified atom stereocenters. The summed E-state index contributed by atoms with van der Waals surface area (Å²) in [4.78, 5) is 6.05. The molecule has 2 rings (SSSR count). The van der Waals surface area contributed by atoms with Crippen LogP contribution in [-0.2, 0) is 54.1 Å². The molecule has 0 atom stereocenters. The van der Waals surface area contributed by atoms with Gasteiger partial charge in [0.25, 0.3) is 0 Å². The first-order valence-electron chi connectivity index (χ1n) is 5.93. The first-order valence-corrected chi connectivity index (χ1v) is 6.87. The van der Waals surface area contributed by atoms with E-state index in [1.807, 2.05) is 56.7 Å². The van der Waals surface area contributed by atoms with E-state index in [1.165, 1.54) is 5.56 Å². The Morgan fingerprint density at radius 2 is 1.80 bits per heavy atom. The molecule has 0 bridgehead atoms. The van der Waals surface area contributed by atoms with E-state index in [9.17, 15) is 0 Å². The Morgan fingerprint density at radius 1 is 1.15 bits per heavy atom. The Bertz CT molecular complexity index is 406. The number of aromatic nitrogens is 1. The summed E-state index contributed by atoms with van der Waals surface area (Å²) in [7, 11) is 3.73. The van der Waals surface area contributed by atoms with Crippen molar-refractivity contribution in [3.05, 3.63) is 66.0 Å². The Balaban J connectivity index is 0.000000448. The van der Waals surface area contributed by atoms with Crippen molar-refractivity contribution in [2.24, 2.45) is 0 Å². The maximum absolute atomic E-state index is 4.64. The molecular weight excluding hydrogens is 469 g/mol. The second-order valence-electron chi connectivity index (χ2n) is 4.16. The zero-order chi connectivity index (χ0) is 14.1. The molecule has 110 valence electrons. The molecule has 0 saturated heterocycles. The summed E-state index contributed by atoms with van der Waals surface area (Å²) in [5, 5.41) is 0. The van der Waals surface area contributed by atoms with Gasteiger partial charge in [-0.2, -0.15) is 35.9 Å². The summed E-state index contributed by atoms with van der Waals surface area (Å²) in [5.74, 6) is 0. The van der Waals surface area contributed by atoms with Gasteiger partial charge in [-0.25, -0.2) is 4.71 Å². The van der Waals surface area contributed by atoms with E-state index in [2.05, 4.69) is 42.4 Å². The van der Waals surface area contributed by atoms with Gasteiger partial charge in [-0.05, 0) is 32.6 Å². The number of hydrogen-bond acceptors (Lipinski definition) is 4. The van der Waals surface area contributed by atoms with E-state index in [0.29, 0.717) is 0 Å². The normalized spacial score (nSPS) is 9.70. The van der Waals surface area contributed by atoms with Gasteiger partial charge in [0.1, 0.15) is 0 Å². The maximum Gasteiger partial charge on any atom is 3.00 e. The van der Waals surface area contributed by atoms with E-state index in [-0.39, 0.29) is 27.1 Å². The van der Waals surface area contributed by atoms with Crippen molar-refractivity contribution >= 4 is 25.3 Å². The van der Waals surface area contributed by atoms with Crippen LogP contribution in [-0.4, -0.2) is 28.7 Å². The van der Waals surface area contributed by atoms with Crippen molar-refractivity contribution in [2.75, 3.05) is 14.1 Å². The summed E-state index contributed by atoms with van der Waals surface area (Å²) < 4.78 is -0.148. The number of benzene rings is 1. The third-order valence-corrected chi connectivity index (χ3v) is 3.14. The molecule has 0 aliphatic rings. The summed E-state index contributed by atoms with van der Waals surface area (Å²) in [5.41, 5.74) is 2.27. The minimum atomic E-state index is -0.148. The van der Waals surface area contributed by atoms with Crippen LogP contribution in [0.5, 0.6) is 0 Å². The average Bonchev–Trinajstić information content (AvgIpc) is 2.41. The topological polar surface area (TPSA) is 16.1 Å². The van der Waals surface area contributed by atoms with Crippen LogP contribution in [0.4, 0.5) is 0 Å². The molecule has 20 heavy (non-hydrogen) atoms. The fraction of sp³-hybridized carbons (Fsp3) is 0.267. The molecule has 0 spiro atoms. The van der Waals surface area contributed by atoms with Crippen molar-refractivity contribution in [3.8, 4) is 0 Å². The Hall–Kier alpha value is -0.230. The molecule has 0 radical (unpaired) electrons. The van der Waals surface area contributed by atoms with Gasteiger partial charge < -0.3 is 30.2 Å². The van der Waals surface area contributed by atoms with E-state index in [1.54, 1.807) is 4.90 Å². The van der Waals surface area contributed by atoms with Crippen molar-refractivity contribution in [1.82, 2.24) is 9.88 Å². The molecule has 0 fully saturated rings. The van der Waals surface area contributed by atoms with Gasteiger partial charge in [-0.3, -0.25) is 4.98 Å². The number of pyridine rings is 1. The fourth-order valence-corrected chi connectivity index (χ4v) is 1.24. The van der Waals surface area contributed by atoms with Crippen LogP contribution in [0.15, 0.2) is 48.7 Å². The minimum absolute atomic E-state index is 0. The molecule has 2 nitrogen and oxygen atoms in total. The predicted molar refractivity (Wildman–Crippen MR) is 84.5 cm³/mol. The van der Waals surface area contributed by atoms with E-state index >= 15 is 0 Å². The smallest absolute Gasteiger partial charge is 0.800 e. The number of nitrogens with zero attached hydrogens (tertiary/aromatic N) is 2. The predicted octanol–water partition coefficient (Wildman–Crippen LogP) is 2.40. The molecule has 1 heterocycles. The molecule has 0 aliphatic carbocycles. The maximum atomic E-state index is 4.64. The second kappa shape index (κ2) is 11.4. The van der Waals surface area contributed by atoms with Gasteiger partial charge in [-0.15, -0.1) is 0 Å². The molecule has 0 saturated carbocycles. The van der Waals surface area contributed by atoms with Gasteiger partial charge in [0.2, 0.25) is 0 Å². The van der Waals surface area contributed by atoms with E-state index in [4.69, 9.17) is 0 Å². The molecule has 0 N–H and O–H groups in total. The Labute approximate surface area is 148 Å². The zero-order valence-corrected chi connectivity index (χ0v) is 15.2. The zero-order valence-electron chi connectivity index (χ0n) is 11.4. The van der Waals surface area contributed by atoms with E-state index in [0.717, 1.165) is 12.1 Å². The monoisotopic (exact) mass is 486 g/mol.